The van der Waals surface area contributed by atoms with Gasteiger partial charge in [-0.15, -0.1) is 0 Å². The molecule has 0 aromatic heterocycles. The van der Waals surface area contributed by atoms with Crippen LogP contribution in [0.15, 0.2) is 24.3 Å². The predicted molar refractivity (Wildman–Crippen MR) is 81.4 cm³/mol. The maximum Gasteiger partial charge on any atom is 0.119 e. The fourth-order valence-electron chi connectivity index (χ4n) is 2.05. The molecule has 0 aliphatic carbocycles. The van der Waals surface area contributed by atoms with Crippen molar-refractivity contribution in [3.63, 3.8) is 0 Å². The van der Waals surface area contributed by atoms with Gasteiger partial charge in [0.05, 0.1) is 7.11 Å². The molecule has 0 spiro atoms. The third-order valence-corrected chi connectivity index (χ3v) is 3.03. The van der Waals surface area contributed by atoms with E-state index in [-0.39, 0.29) is 6.61 Å². The van der Waals surface area contributed by atoms with Gasteiger partial charge in [0.15, 0.2) is 0 Å². The first-order valence-electron chi connectivity index (χ1n) is 7.19. The molecule has 0 saturated carbocycles. The number of hydrogen-bond donors (Lipinski definition) is 2. The zero-order valence-electron chi connectivity index (χ0n) is 12.9. The number of hydrogen-bond acceptors (Lipinski definition) is 4. The highest BCUT2D eigenvalue weighted by molar-refractivity contribution is 5.31. The molecule has 2 unspecified atom stereocenters. The van der Waals surface area contributed by atoms with Gasteiger partial charge in [-0.1, -0.05) is 13.8 Å². The zero-order valence-corrected chi connectivity index (χ0v) is 12.9. The van der Waals surface area contributed by atoms with Gasteiger partial charge < -0.3 is 19.9 Å². The summed E-state index contributed by atoms with van der Waals surface area (Å²) in [5, 5.41) is 13.2. The van der Waals surface area contributed by atoms with Crippen LogP contribution in [0.5, 0.6) is 11.5 Å². The van der Waals surface area contributed by atoms with Crippen molar-refractivity contribution in [2.24, 2.45) is 5.92 Å². The molecule has 0 heterocycles. The lowest BCUT2D eigenvalue weighted by molar-refractivity contribution is 0.103. The minimum absolute atomic E-state index is 0.285. The van der Waals surface area contributed by atoms with Crippen LogP contribution in [0.2, 0.25) is 0 Å². The Morgan fingerprint density at radius 2 is 1.70 bits per heavy atom. The van der Waals surface area contributed by atoms with Crippen molar-refractivity contribution in [3.05, 3.63) is 24.3 Å². The predicted octanol–water partition coefficient (Wildman–Crippen LogP) is 2.46. The van der Waals surface area contributed by atoms with Gasteiger partial charge in [-0.3, -0.25) is 0 Å². The number of methoxy groups -OCH3 is 1. The Morgan fingerprint density at radius 1 is 1.10 bits per heavy atom. The standard InChI is InChI=1S/C16H27NO3/c1-12(2)9-13(3)17-10-14(18)11-20-16-7-5-15(19-4)6-8-16/h5-8,12-14,17-18H,9-11H2,1-4H3. The van der Waals surface area contributed by atoms with Crippen LogP contribution in [0.1, 0.15) is 27.2 Å². The van der Waals surface area contributed by atoms with Crippen LogP contribution in [0.4, 0.5) is 0 Å². The quantitative estimate of drug-likeness (QED) is 0.730. The van der Waals surface area contributed by atoms with Gasteiger partial charge >= 0.3 is 0 Å². The van der Waals surface area contributed by atoms with Crippen LogP contribution < -0.4 is 14.8 Å². The third kappa shape index (κ3) is 6.78. The Labute approximate surface area is 122 Å². The van der Waals surface area contributed by atoms with Crippen molar-refractivity contribution in [2.45, 2.75) is 39.3 Å². The molecule has 2 N–H and O–H groups in total. The van der Waals surface area contributed by atoms with Crippen LogP contribution in [0, 0.1) is 5.92 Å². The van der Waals surface area contributed by atoms with Gasteiger partial charge in [0.1, 0.15) is 24.2 Å². The molecule has 0 fully saturated rings. The maximum absolute atomic E-state index is 9.88. The molecule has 0 bridgehead atoms. The van der Waals surface area contributed by atoms with Crippen molar-refractivity contribution in [1.82, 2.24) is 5.32 Å². The Morgan fingerprint density at radius 3 is 2.25 bits per heavy atom. The van der Waals surface area contributed by atoms with Gasteiger partial charge in [-0.05, 0) is 43.5 Å². The highest BCUT2D eigenvalue weighted by Gasteiger charge is 2.09. The topological polar surface area (TPSA) is 50.7 Å². The van der Waals surface area contributed by atoms with E-state index in [0.717, 1.165) is 17.9 Å². The summed E-state index contributed by atoms with van der Waals surface area (Å²) in [4.78, 5) is 0. The Balaban J connectivity index is 2.23. The van der Waals surface area contributed by atoms with Crippen LogP contribution in [-0.2, 0) is 0 Å². The number of nitrogens with one attached hydrogen (secondary N) is 1. The number of ether oxygens (including phenoxy) is 2. The molecule has 4 nitrogen and oxygen atoms in total. The normalized spacial score (nSPS) is 14.1. The summed E-state index contributed by atoms with van der Waals surface area (Å²) < 4.78 is 10.6. The number of aliphatic hydroxyl groups is 1. The molecule has 114 valence electrons. The fraction of sp³-hybridized carbons (Fsp3) is 0.625. The number of rotatable bonds is 9. The monoisotopic (exact) mass is 281 g/mol. The van der Waals surface area contributed by atoms with Gasteiger partial charge in [0, 0.05) is 12.6 Å². The number of benzene rings is 1. The van der Waals surface area contributed by atoms with Crippen molar-refractivity contribution in [2.75, 3.05) is 20.3 Å². The van der Waals surface area contributed by atoms with Crippen molar-refractivity contribution >= 4 is 0 Å². The molecule has 0 radical (unpaired) electrons. The van der Waals surface area contributed by atoms with E-state index >= 15 is 0 Å². The van der Waals surface area contributed by atoms with E-state index in [2.05, 4.69) is 26.1 Å². The van der Waals surface area contributed by atoms with E-state index in [1.807, 2.05) is 24.3 Å². The fourth-order valence-corrected chi connectivity index (χ4v) is 2.05. The molecule has 2 atom stereocenters. The first kappa shape index (κ1) is 16.8. The molecule has 4 heteroatoms. The minimum Gasteiger partial charge on any atom is -0.497 e. The van der Waals surface area contributed by atoms with E-state index < -0.39 is 6.10 Å². The maximum atomic E-state index is 9.88. The van der Waals surface area contributed by atoms with E-state index in [1.54, 1.807) is 7.11 Å². The van der Waals surface area contributed by atoms with Crippen LogP contribution >= 0.6 is 0 Å². The average Bonchev–Trinajstić information content (AvgIpc) is 2.42. The second-order valence-corrected chi connectivity index (χ2v) is 5.58. The first-order chi connectivity index (χ1) is 9.51. The Kier molecular flexibility index (Phi) is 7.41. The zero-order chi connectivity index (χ0) is 15.0. The van der Waals surface area contributed by atoms with E-state index in [9.17, 15) is 5.11 Å². The van der Waals surface area contributed by atoms with E-state index in [0.29, 0.717) is 18.5 Å². The lowest BCUT2D eigenvalue weighted by Gasteiger charge is -2.19. The summed E-state index contributed by atoms with van der Waals surface area (Å²) in [5.74, 6) is 2.19. The summed E-state index contributed by atoms with van der Waals surface area (Å²) in [6, 6.07) is 7.75. The molecule has 0 aliphatic heterocycles. The van der Waals surface area contributed by atoms with Crippen molar-refractivity contribution in [3.8, 4) is 11.5 Å². The van der Waals surface area contributed by atoms with Crippen LogP contribution in [0.25, 0.3) is 0 Å². The molecule has 1 rings (SSSR count). The lowest BCUT2D eigenvalue weighted by atomic mass is 10.1. The summed E-state index contributed by atoms with van der Waals surface area (Å²) in [7, 11) is 1.63. The van der Waals surface area contributed by atoms with Crippen LogP contribution in [-0.4, -0.2) is 37.5 Å². The number of aliphatic hydroxyl groups excluding tert-OH is 1. The average molecular weight is 281 g/mol. The first-order valence-corrected chi connectivity index (χ1v) is 7.19. The molecule has 0 amide bonds. The molecule has 0 aliphatic rings. The second kappa shape index (κ2) is 8.82. The van der Waals surface area contributed by atoms with E-state index in [4.69, 9.17) is 9.47 Å². The highest BCUT2D eigenvalue weighted by Crippen LogP contribution is 2.17. The van der Waals surface area contributed by atoms with Gasteiger partial charge in [0.2, 0.25) is 0 Å². The van der Waals surface area contributed by atoms with Gasteiger partial charge in [0.25, 0.3) is 0 Å². The van der Waals surface area contributed by atoms with E-state index in [1.165, 1.54) is 0 Å². The van der Waals surface area contributed by atoms with Crippen LogP contribution in [0.3, 0.4) is 0 Å². The van der Waals surface area contributed by atoms with Crippen molar-refractivity contribution < 1.29 is 14.6 Å². The Bertz CT molecular complexity index is 364. The summed E-state index contributed by atoms with van der Waals surface area (Å²) >= 11 is 0. The smallest absolute Gasteiger partial charge is 0.119 e. The Hall–Kier alpha value is -1.26. The lowest BCUT2D eigenvalue weighted by Crippen LogP contribution is -2.37. The van der Waals surface area contributed by atoms with Crippen molar-refractivity contribution in [1.29, 1.82) is 0 Å². The molecule has 1 aromatic carbocycles. The minimum atomic E-state index is -0.508. The summed E-state index contributed by atoms with van der Waals surface area (Å²) in [6.07, 6.45) is 0.596. The summed E-state index contributed by atoms with van der Waals surface area (Å²) in [6.45, 7) is 7.36. The molecular formula is C16H27NO3. The summed E-state index contributed by atoms with van der Waals surface area (Å²) in [5.41, 5.74) is 0. The van der Waals surface area contributed by atoms with Gasteiger partial charge in [-0.25, -0.2) is 0 Å². The second-order valence-electron chi connectivity index (χ2n) is 5.58. The molecular weight excluding hydrogens is 254 g/mol. The largest absolute Gasteiger partial charge is 0.497 e. The SMILES string of the molecule is COc1ccc(OCC(O)CNC(C)CC(C)C)cc1. The molecule has 0 saturated heterocycles. The highest BCUT2D eigenvalue weighted by atomic mass is 16.5. The molecule has 1 aromatic rings. The molecule has 20 heavy (non-hydrogen) atoms. The third-order valence-electron chi connectivity index (χ3n) is 3.03. The van der Waals surface area contributed by atoms with Gasteiger partial charge in [-0.2, -0.15) is 0 Å².